The van der Waals surface area contributed by atoms with Crippen LogP contribution in [0.2, 0.25) is 0 Å². The van der Waals surface area contributed by atoms with Crippen molar-refractivity contribution >= 4 is 17.7 Å². The highest BCUT2D eigenvalue weighted by atomic mass is 19.1. The van der Waals surface area contributed by atoms with Crippen molar-refractivity contribution in [3.05, 3.63) is 90.2 Å². The van der Waals surface area contributed by atoms with E-state index in [1.54, 1.807) is 17.0 Å². The molecular formula is C28H31FN2O5. The number of hydrogen-bond donors (Lipinski definition) is 2. The molecule has 1 atom stereocenters. The first-order chi connectivity index (χ1) is 17.1. The second kappa shape index (κ2) is 12.1. The molecule has 0 aromatic heterocycles. The number of nitrogens with zero attached hydrogens (tertiary/aromatic N) is 1. The zero-order valence-electron chi connectivity index (χ0n) is 20.6. The monoisotopic (exact) mass is 494 g/mol. The minimum Gasteiger partial charge on any atom is -0.489 e. The molecule has 0 fully saturated rings. The van der Waals surface area contributed by atoms with Crippen LogP contribution >= 0.6 is 0 Å². The number of para-hydroxylation sites is 1. The Morgan fingerprint density at radius 3 is 2.22 bits per heavy atom. The van der Waals surface area contributed by atoms with Crippen LogP contribution in [0.25, 0.3) is 0 Å². The highest BCUT2D eigenvalue weighted by molar-refractivity contribution is 5.89. The Morgan fingerprint density at radius 2 is 1.61 bits per heavy atom. The van der Waals surface area contributed by atoms with E-state index in [-0.39, 0.29) is 18.0 Å². The summed E-state index contributed by atoms with van der Waals surface area (Å²) in [6.45, 7) is 5.59. The summed E-state index contributed by atoms with van der Waals surface area (Å²) in [5, 5.41) is 12.1. The van der Waals surface area contributed by atoms with Gasteiger partial charge in [0.2, 0.25) is 0 Å². The van der Waals surface area contributed by atoms with Crippen LogP contribution in [0.15, 0.2) is 78.9 Å². The van der Waals surface area contributed by atoms with Crippen molar-refractivity contribution in [2.45, 2.75) is 38.9 Å². The molecule has 0 radical (unpaired) electrons. The molecule has 0 spiro atoms. The van der Waals surface area contributed by atoms with Gasteiger partial charge in [0.1, 0.15) is 23.4 Å². The largest absolute Gasteiger partial charge is 0.489 e. The first kappa shape index (κ1) is 26.5. The summed E-state index contributed by atoms with van der Waals surface area (Å²) < 4.78 is 24.8. The average molecular weight is 495 g/mol. The van der Waals surface area contributed by atoms with Gasteiger partial charge in [-0.3, -0.25) is 0 Å². The lowest BCUT2D eigenvalue weighted by molar-refractivity contribution is -0.152. The third-order valence-electron chi connectivity index (χ3n) is 5.42. The fraction of sp³-hybridized carbons (Fsp3) is 0.286. The second-order valence-electron chi connectivity index (χ2n) is 8.94. The maximum absolute atomic E-state index is 13.3. The van der Waals surface area contributed by atoms with Crippen LogP contribution in [0.1, 0.15) is 26.3 Å². The predicted molar refractivity (Wildman–Crippen MR) is 136 cm³/mol. The van der Waals surface area contributed by atoms with Crippen LogP contribution in [-0.2, 0) is 11.2 Å². The molecule has 0 bridgehead atoms. The van der Waals surface area contributed by atoms with E-state index in [2.05, 4.69) is 5.32 Å². The molecule has 7 nitrogen and oxygen atoms in total. The van der Waals surface area contributed by atoms with Crippen molar-refractivity contribution in [1.82, 2.24) is 4.90 Å². The molecule has 0 saturated heterocycles. The number of nitrogens with one attached hydrogen (secondary N) is 1. The van der Waals surface area contributed by atoms with E-state index in [0.29, 0.717) is 36.7 Å². The Labute approximate surface area is 210 Å². The maximum atomic E-state index is 13.3. The van der Waals surface area contributed by atoms with Crippen molar-refractivity contribution in [2.24, 2.45) is 0 Å². The van der Waals surface area contributed by atoms with Crippen molar-refractivity contribution in [3.63, 3.8) is 0 Å². The summed E-state index contributed by atoms with van der Waals surface area (Å²) in [5.74, 6) is -0.277. The first-order valence-electron chi connectivity index (χ1n) is 11.7. The normalized spacial score (nSPS) is 11.9. The number of urea groups is 1. The number of halogens is 1. The number of benzene rings is 3. The standard InChI is InChI=1S/C28H31FN2O5/c1-20(35-24-7-5-4-6-8-24)19-31(27(34)30-23-13-11-22(29)12-14-23)18-17-21-9-15-25(16-10-21)36-28(2,3)26(32)33/h4-16,20H,17-19H2,1-3H3,(H,30,34)(H,32,33). The molecule has 3 rings (SSSR count). The molecule has 2 N–H and O–H groups in total. The molecule has 0 aliphatic rings. The number of carboxylic acid groups (broad SMARTS) is 1. The Hall–Kier alpha value is -4.07. The molecule has 0 aliphatic carbocycles. The number of hydrogen-bond acceptors (Lipinski definition) is 4. The molecule has 1 unspecified atom stereocenters. The van der Waals surface area contributed by atoms with Gasteiger partial charge in [-0.05, 0) is 81.3 Å². The van der Waals surface area contributed by atoms with Gasteiger partial charge in [-0.1, -0.05) is 30.3 Å². The number of ether oxygens (including phenoxy) is 2. The van der Waals surface area contributed by atoms with Gasteiger partial charge >= 0.3 is 12.0 Å². The molecule has 2 amide bonds. The molecule has 8 heteroatoms. The van der Waals surface area contributed by atoms with Gasteiger partial charge in [-0.25, -0.2) is 14.0 Å². The molecule has 0 saturated carbocycles. The van der Waals surface area contributed by atoms with Crippen molar-refractivity contribution in [2.75, 3.05) is 18.4 Å². The van der Waals surface area contributed by atoms with Gasteiger partial charge in [0.15, 0.2) is 5.60 Å². The van der Waals surface area contributed by atoms with Crippen molar-refractivity contribution < 1.29 is 28.6 Å². The van der Waals surface area contributed by atoms with Crippen LogP contribution in [0.3, 0.4) is 0 Å². The Morgan fingerprint density at radius 1 is 0.972 bits per heavy atom. The molecular weight excluding hydrogens is 463 g/mol. The highest BCUT2D eigenvalue weighted by Crippen LogP contribution is 2.20. The minimum atomic E-state index is -1.34. The van der Waals surface area contributed by atoms with Gasteiger partial charge in [0.05, 0.1) is 6.54 Å². The highest BCUT2D eigenvalue weighted by Gasteiger charge is 2.29. The SMILES string of the molecule is CC(CN(CCc1ccc(OC(C)(C)C(=O)O)cc1)C(=O)Nc1ccc(F)cc1)Oc1ccccc1. The number of rotatable bonds is 11. The number of carbonyl (C=O) groups is 2. The summed E-state index contributed by atoms with van der Waals surface area (Å²) >= 11 is 0. The number of carboxylic acids is 1. The fourth-order valence-electron chi connectivity index (χ4n) is 3.42. The summed E-state index contributed by atoms with van der Waals surface area (Å²) in [6.07, 6.45) is 0.276. The first-order valence-corrected chi connectivity index (χ1v) is 11.7. The minimum absolute atomic E-state index is 0.277. The van der Waals surface area contributed by atoms with Crippen molar-refractivity contribution in [3.8, 4) is 11.5 Å². The smallest absolute Gasteiger partial charge is 0.347 e. The lowest BCUT2D eigenvalue weighted by atomic mass is 10.1. The molecule has 0 aliphatic heterocycles. The summed E-state index contributed by atoms with van der Waals surface area (Å²) in [4.78, 5) is 26.0. The van der Waals surface area contributed by atoms with Crippen LogP contribution in [0.5, 0.6) is 11.5 Å². The Balaban J connectivity index is 1.66. The molecule has 190 valence electrons. The van der Waals surface area contributed by atoms with Crippen molar-refractivity contribution in [1.29, 1.82) is 0 Å². The van der Waals surface area contributed by atoms with Gasteiger partial charge in [0, 0.05) is 12.2 Å². The number of carbonyl (C=O) groups excluding carboxylic acids is 1. The number of anilines is 1. The van der Waals surface area contributed by atoms with E-state index < -0.39 is 11.6 Å². The van der Waals surface area contributed by atoms with Gasteiger partial charge < -0.3 is 24.8 Å². The van der Waals surface area contributed by atoms with Crippen LogP contribution in [0, 0.1) is 5.82 Å². The van der Waals surface area contributed by atoms with E-state index >= 15 is 0 Å². The van der Waals surface area contributed by atoms with E-state index in [4.69, 9.17) is 9.47 Å². The van der Waals surface area contributed by atoms with Crippen LogP contribution < -0.4 is 14.8 Å². The van der Waals surface area contributed by atoms with E-state index in [1.807, 2.05) is 49.4 Å². The fourth-order valence-corrected chi connectivity index (χ4v) is 3.42. The topological polar surface area (TPSA) is 88.1 Å². The van der Waals surface area contributed by atoms with Gasteiger partial charge in [-0.15, -0.1) is 0 Å². The van der Waals surface area contributed by atoms with Crippen LogP contribution in [0.4, 0.5) is 14.9 Å². The lowest BCUT2D eigenvalue weighted by Gasteiger charge is -2.27. The van der Waals surface area contributed by atoms with E-state index in [1.165, 1.54) is 38.1 Å². The second-order valence-corrected chi connectivity index (χ2v) is 8.94. The van der Waals surface area contributed by atoms with E-state index in [0.717, 1.165) is 5.56 Å². The predicted octanol–water partition coefficient (Wildman–Crippen LogP) is 5.61. The Kier molecular flexibility index (Phi) is 8.89. The Bertz CT molecular complexity index is 1130. The zero-order chi connectivity index (χ0) is 26.1. The van der Waals surface area contributed by atoms with Gasteiger partial charge in [0.25, 0.3) is 0 Å². The zero-order valence-corrected chi connectivity index (χ0v) is 20.6. The molecule has 3 aromatic carbocycles. The third-order valence-corrected chi connectivity index (χ3v) is 5.42. The molecule has 36 heavy (non-hydrogen) atoms. The van der Waals surface area contributed by atoms with Gasteiger partial charge in [-0.2, -0.15) is 0 Å². The number of amides is 2. The molecule has 3 aromatic rings. The summed E-state index contributed by atoms with van der Waals surface area (Å²) in [5.41, 5.74) is 0.100. The molecule has 0 heterocycles. The van der Waals surface area contributed by atoms with E-state index in [9.17, 15) is 19.1 Å². The average Bonchev–Trinajstić information content (AvgIpc) is 2.84. The lowest BCUT2D eigenvalue weighted by Crippen LogP contribution is -2.42. The van der Waals surface area contributed by atoms with Crippen LogP contribution in [-0.4, -0.2) is 46.8 Å². The quantitative estimate of drug-likeness (QED) is 0.362. The summed E-state index contributed by atoms with van der Waals surface area (Å²) in [7, 11) is 0. The maximum Gasteiger partial charge on any atom is 0.347 e. The summed E-state index contributed by atoms with van der Waals surface area (Å²) in [6, 6.07) is 21.7. The number of aliphatic carboxylic acids is 1. The third kappa shape index (κ3) is 8.01.